The zero-order valence-corrected chi connectivity index (χ0v) is 38.0. The van der Waals surface area contributed by atoms with Crippen LogP contribution in [0.5, 0.6) is 23.0 Å². The predicted molar refractivity (Wildman–Crippen MR) is 248 cm³/mol. The van der Waals surface area contributed by atoms with E-state index in [4.69, 9.17) is 42.1 Å². The maximum atomic E-state index is 13.2. The Morgan fingerprint density at radius 2 is 1.10 bits per heavy atom. The second-order valence-electron chi connectivity index (χ2n) is 16.1. The molecule has 4 aliphatic heterocycles. The number of likely N-dealkylation sites (tertiary alicyclic amines) is 2. The second-order valence-corrected chi connectivity index (χ2v) is 17.0. The molecule has 8 rings (SSSR count). The highest BCUT2D eigenvalue weighted by molar-refractivity contribution is 6.31. The number of piperidine rings is 2. The van der Waals surface area contributed by atoms with E-state index in [9.17, 15) is 14.7 Å². The molecule has 0 radical (unpaired) electrons. The molecule has 0 spiro atoms. The molecule has 0 bridgehead atoms. The van der Waals surface area contributed by atoms with Crippen molar-refractivity contribution in [3.05, 3.63) is 106 Å². The average Bonchev–Trinajstić information content (AvgIpc) is 3.82. The van der Waals surface area contributed by atoms with Crippen molar-refractivity contribution >= 4 is 58.8 Å². The molecule has 4 aromatic carbocycles. The number of aliphatic hydroxyl groups is 1. The van der Waals surface area contributed by atoms with E-state index < -0.39 is 12.1 Å². The van der Waals surface area contributed by atoms with E-state index >= 15 is 0 Å². The average molecular weight is 910 g/mol. The molecule has 4 aliphatic rings. The molecule has 4 fully saturated rings. The zero-order chi connectivity index (χ0) is 42.7. The highest BCUT2D eigenvalue weighted by Crippen LogP contribution is 2.40. The summed E-state index contributed by atoms with van der Waals surface area (Å²) in [5.74, 6) is 1.91. The van der Waals surface area contributed by atoms with Crippen LogP contribution in [0, 0.1) is 0 Å². The number of benzene rings is 4. The summed E-state index contributed by atoms with van der Waals surface area (Å²) in [7, 11) is 3.24. The number of halogens is 3. The first-order valence-electron chi connectivity index (χ1n) is 21.6. The molecule has 11 nitrogen and oxygen atoms in total. The van der Waals surface area contributed by atoms with E-state index in [0.29, 0.717) is 64.9 Å². The van der Waals surface area contributed by atoms with Gasteiger partial charge in [-0.05, 0) is 118 Å². The predicted octanol–water partition coefficient (Wildman–Crippen LogP) is 9.21. The number of methoxy groups -OCH3 is 2. The minimum absolute atomic E-state index is 0. The number of amides is 2. The monoisotopic (exact) mass is 908 g/mol. The number of hydrogen-bond acceptors (Lipinski definition) is 9. The van der Waals surface area contributed by atoms with Crippen molar-refractivity contribution in [3.8, 4) is 23.0 Å². The van der Waals surface area contributed by atoms with Gasteiger partial charge in [0.15, 0.2) is 23.0 Å². The molecule has 0 saturated carbocycles. The number of ether oxygens (including phenoxy) is 4. The van der Waals surface area contributed by atoms with Gasteiger partial charge in [0, 0.05) is 53.9 Å². The third kappa shape index (κ3) is 11.9. The van der Waals surface area contributed by atoms with Gasteiger partial charge in [-0.2, -0.15) is 0 Å². The SMILES string of the molecule is COc1ccc(N2C(=O)C(c3cccc(Cl)c3)CC2O)cc1OCCN1CCCCC1.COc1ccc(N2CCC(c3cccc(Cl)c3)C2=O)cc1OCCN1CCCCC1.Cl. The van der Waals surface area contributed by atoms with Crippen molar-refractivity contribution in [2.75, 3.05) is 83.0 Å². The summed E-state index contributed by atoms with van der Waals surface area (Å²) in [5.41, 5.74) is 3.22. The van der Waals surface area contributed by atoms with E-state index in [1.54, 1.807) is 44.6 Å². The smallest absolute Gasteiger partial charge is 0.236 e. The molecule has 0 aliphatic carbocycles. The minimum Gasteiger partial charge on any atom is -0.493 e. The van der Waals surface area contributed by atoms with Gasteiger partial charge in [0.2, 0.25) is 11.8 Å². The van der Waals surface area contributed by atoms with Gasteiger partial charge >= 0.3 is 0 Å². The Hall–Kier alpha value is -4.23. The van der Waals surface area contributed by atoms with Crippen LogP contribution in [0.25, 0.3) is 0 Å². The number of hydrogen-bond donors (Lipinski definition) is 1. The van der Waals surface area contributed by atoms with E-state index in [-0.39, 0.29) is 30.1 Å². The summed E-state index contributed by atoms with van der Waals surface area (Å²) in [4.78, 5) is 34.4. The van der Waals surface area contributed by atoms with Crippen LogP contribution in [0.3, 0.4) is 0 Å². The van der Waals surface area contributed by atoms with Gasteiger partial charge in [0.25, 0.3) is 0 Å². The van der Waals surface area contributed by atoms with Crippen LogP contribution in [-0.2, 0) is 9.59 Å². The Morgan fingerprint density at radius 3 is 1.61 bits per heavy atom. The zero-order valence-electron chi connectivity index (χ0n) is 35.7. The molecule has 4 heterocycles. The van der Waals surface area contributed by atoms with E-state index in [0.717, 1.165) is 62.5 Å². The summed E-state index contributed by atoms with van der Waals surface area (Å²) in [6, 6.07) is 25.9. The van der Waals surface area contributed by atoms with E-state index in [2.05, 4.69) is 9.80 Å². The van der Waals surface area contributed by atoms with Gasteiger partial charge in [0.05, 0.1) is 31.7 Å². The normalized spacial score (nSPS) is 20.6. The maximum Gasteiger partial charge on any atom is 0.236 e. The maximum absolute atomic E-state index is 13.2. The van der Waals surface area contributed by atoms with Crippen molar-refractivity contribution in [2.45, 2.75) is 69.4 Å². The van der Waals surface area contributed by atoms with Crippen molar-refractivity contribution in [2.24, 2.45) is 0 Å². The number of anilines is 2. The topological polar surface area (TPSA) is 104 Å². The van der Waals surface area contributed by atoms with Gasteiger partial charge in [-0.25, -0.2) is 0 Å². The van der Waals surface area contributed by atoms with Crippen molar-refractivity contribution < 1.29 is 33.6 Å². The lowest BCUT2D eigenvalue weighted by Crippen LogP contribution is -2.34. The highest BCUT2D eigenvalue weighted by Gasteiger charge is 2.41. The van der Waals surface area contributed by atoms with Gasteiger partial charge in [0.1, 0.15) is 19.4 Å². The fourth-order valence-corrected chi connectivity index (χ4v) is 9.21. The number of rotatable bonds is 14. The van der Waals surface area contributed by atoms with Crippen LogP contribution in [0.2, 0.25) is 10.0 Å². The Kier molecular flexibility index (Phi) is 17.5. The fourth-order valence-electron chi connectivity index (χ4n) is 8.81. The van der Waals surface area contributed by atoms with Crippen LogP contribution in [0.4, 0.5) is 11.4 Å². The molecule has 14 heteroatoms. The first-order chi connectivity index (χ1) is 29.7. The largest absolute Gasteiger partial charge is 0.493 e. The van der Waals surface area contributed by atoms with Crippen molar-refractivity contribution in [3.63, 3.8) is 0 Å². The molecular formula is C48H59Cl3N4O7. The number of carbonyl (C=O) groups excluding carboxylic acids is 2. The molecule has 4 saturated heterocycles. The van der Waals surface area contributed by atoms with Gasteiger partial charge in [-0.3, -0.25) is 24.3 Å². The molecule has 3 atom stereocenters. The van der Waals surface area contributed by atoms with Crippen molar-refractivity contribution in [1.29, 1.82) is 0 Å². The molecule has 0 aromatic heterocycles. The van der Waals surface area contributed by atoms with E-state index in [1.807, 2.05) is 59.5 Å². The molecule has 1 N–H and O–H groups in total. The van der Waals surface area contributed by atoms with Crippen LogP contribution < -0.4 is 28.7 Å². The lowest BCUT2D eigenvalue weighted by molar-refractivity contribution is -0.119. The third-order valence-corrected chi connectivity index (χ3v) is 12.6. The first-order valence-corrected chi connectivity index (χ1v) is 22.4. The molecule has 62 heavy (non-hydrogen) atoms. The van der Waals surface area contributed by atoms with Gasteiger partial charge in [-0.1, -0.05) is 60.3 Å². The summed E-state index contributed by atoms with van der Waals surface area (Å²) in [6.45, 7) is 8.11. The lowest BCUT2D eigenvalue weighted by atomic mass is 9.97. The quantitative estimate of drug-likeness (QED) is 0.133. The Balaban J connectivity index is 0.000000204. The van der Waals surface area contributed by atoms with Crippen LogP contribution >= 0.6 is 35.6 Å². The summed E-state index contributed by atoms with van der Waals surface area (Å²) >= 11 is 12.2. The molecule has 2 amide bonds. The summed E-state index contributed by atoms with van der Waals surface area (Å²) in [6.07, 6.45) is 7.82. The summed E-state index contributed by atoms with van der Waals surface area (Å²) in [5, 5.41) is 11.9. The van der Waals surface area contributed by atoms with Crippen molar-refractivity contribution in [1.82, 2.24) is 9.80 Å². The highest BCUT2D eigenvalue weighted by atomic mass is 35.5. The number of carbonyl (C=O) groups is 2. The van der Waals surface area contributed by atoms with Gasteiger partial charge in [-0.15, -0.1) is 12.4 Å². The fraction of sp³-hybridized carbons (Fsp3) is 0.458. The molecule has 3 unspecified atom stereocenters. The van der Waals surface area contributed by atoms with Crippen LogP contribution in [0.1, 0.15) is 74.3 Å². The Bertz CT molecular complexity index is 2100. The summed E-state index contributed by atoms with van der Waals surface area (Å²) < 4.78 is 23.0. The molecular weight excluding hydrogens is 851 g/mol. The second kappa shape index (κ2) is 22.9. The Morgan fingerprint density at radius 1 is 0.597 bits per heavy atom. The van der Waals surface area contributed by atoms with Crippen LogP contribution in [0.15, 0.2) is 84.9 Å². The van der Waals surface area contributed by atoms with E-state index in [1.165, 1.54) is 43.4 Å². The number of nitrogens with zero attached hydrogens (tertiary/aromatic N) is 4. The first kappa shape index (κ1) is 47.3. The Labute approximate surface area is 382 Å². The van der Waals surface area contributed by atoms with Crippen LogP contribution in [-0.4, -0.2) is 106 Å². The molecule has 334 valence electrons. The standard InChI is InChI=1S/C24H29ClN2O4.C24H29ClN2O3.ClH/c1-30-21-9-8-19(15-22(21)31-13-12-26-10-3-2-4-11-26)27-23(28)16-20(24(27)29)17-6-5-7-18(25)14-17;1-29-22-9-8-20(17-23(22)30-15-14-26-11-3-2-4-12-26)27-13-10-21(24(27)28)18-6-5-7-19(25)16-18;/h5-9,14-15,20,23,28H,2-4,10-13,16H2,1H3;5-9,16-17,21H,2-4,10-15H2,1H3;1H. The van der Waals surface area contributed by atoms with Gasteiger partial charge < -0.3 is 29.0 Å². The lowest BCUT2D eigenvalue weighted by Gasteiger charge is -2.26. The minimum atomic E-state index is -0.911. The number of aliphatic hydroxyl groups excluding tert-OH is 1. The molecule has 4 aromatic rings. The third-order valence-electron chi connectivity index (χ3n) is 12.1.